The monoisotopic (exact) mass is 296 g/mol. The molecular formula is C14H20N2O3S. The number of fused-ring (bicyclic) bond motifs is 1. The van der Waals surface area contributed by atoms with Crippen molar-refractivity contribution in [1.29, 1.82) is 0 Å². The fourth-order valence-corrected chi connectivity index (χ4v) is 3.48. The van der Waals surface area contributed by atoms with E-state index in [0.29, 0.717) is 24.4 Å². The van der Waals surface area contributed by atoms with E-state index in [1.165, 1.54) is 12.5 Å². The van der Waals surface area contributed by atoms with Gasteiger partial charge in [-0.05, 0) is 48.9 Å². The van der Waals surface area contributed by atoms with Crippen LogP contribution in [0.3, 0.4) is 0 Å². The van der Waals surface area contributed by atoms with Gasteiger partial charge in [0.25, 0.3) is 0 Å². The second-order valence-electron chi connectivity index (χ2n) is 5.02. The molecule has 0 aliphatic heterocycles. The van der Waals surface area contributed by atoms with Crippen LogP contribution in [0.2, 0.25) is 0 Å². The zero-order valence-electron chi connectivity index (χ0n) is 11.6. The van der Waals surface area contributed by atoms with Crippen LogP contribution in [0.4, 0.5) is 0 Å². The Hall–Kier alpha value is -1.40. The Bertz CT molecular complexity index is 596. The first-order chi connectivity index (χ1) is 9.49. The van der Waals surface area contributed by atoms with Crippen molar-refractivity contribution in [2.75, 3.05) is 13.1 Å². The first kappa shape index (κ1) is 15.0. The third-order valence-electron chi connectivity index (χ3n) is 3.40. The first-order valence-electron chi connectivity index (χ1n) is 6.85. The molecule has 0 saturated carbocycles. The van der Waals surface area contributed by atoms with Crippen molar-refractivity contribution >= 4 is 15.9 Å². The lowest BCUT2D eigenvalue weighted by molar-refractivity contribution is -0.118. The lowest BCUT2D eigenvalue weighted by Gasteiger charge is -2.08. The van der Waals surface area contributed by atoms with Crippen molar-refractivity contribution < 1.29 is 13.2 Å². The van der Waals surface area contributed by atoms with Gasteiger partial charge in [-0.3, -0.25) is 4.79 Å². The maximum absolute atomic E-state index is 12.1. The van der Waals surface area contributed by atoms with Crippen molar-refractivity contribution in [3.05, 3.63) is 29.3 Å². The number of carbonyl (C=O) groups excluding carboxylic acids is 1. The average Bonchev–Trinajstić information content (AvgIpc) is 2.85. The summed E-state index contributed by atoms with van der Waals surface area (Å²) >= 11 is 0. The molecule has 1 aliphatic carbocycles. The van der Waals surface area contributed by atoms with E-state index in [2.05, 4.69) is 10.0 Å². The Balaban J connectivity index is 1.91. The number of hydrogen-bond acceptors (Lipinski definition) is 3. The van der Waals surface area contributed by atoms with Gasteiger partial charge in [-0.2, -0.15) is 0 Å². The van der Waals surface area contributed by atoms with Crippen LogP contribution in [0.25, 0.3) is 0 Å². The van der Waals surface area contributed by atoms with Crippen LogP contribution in [-0.4, -0.2) is 27.4 Å². The third kappa shape index (κ3) is 3.80. The molecule has 0 radical (unpaired) electrons. The molecule has 2 rings (SSSR count). The molecule has 0 spiro atoms. The molecule has 110 valence electrons. The quantitative estimate of drug-likeness (QED) is 0.768. The molecule has 0 heterocycles. The molecule has 0 aromatic heterocycles. The third-order valence-corrected chi connectivity index (χ3v) is 4.86. The maximum Gasteiger partial charge on any atom is 0.240 e. The van der Waals surface area contributed by atoms with Crippen molar-refractivity contribution in [2.24, 2.45) is 0 Å². The minimum atomic E-state index is -3.45. The summed E-state index contributed by atoms with van der Waals surface area (Å²) in [6, 6.07) is 5.35. The highest BCUT2D eigenvalue weighted by Crippen LogP contribution is 2.24. The van der Waals surface area contributed by atoms with Gasteiger partial charge in [-0.15, -0.1) is 0 Å². The summed E-state index contributed by atoms with van der Waals surface area (Å²) in [7, 11) is -3.45. The molecule has 5 nitrogen and oxygen atoms in total. The molecule has 0 unspecified atom stereocenters. The summed E-state index contributed by atoms with van der Waals surface area (Å²) in [6.45, 7) is 2.23. The number of benzene rings is 1. The number of sulfonamides is 1. The highest BCUT2D eigenvalue weighted by Gasteiger charge is 2.17. The number of amides is 1. The predicted octanol–water partition coefficient (Wildman–Crippen LogP) is 0.980. The van der Waals surface area contributed by atoms with E-state index in [0.717, 1.165) is 24.8 Å². The molecule has 1 aromatic carbocycles. The van der Waals surface area contributed by atoms with Gasteiger partial charge in [-0.25, -0.2) is 13.1 Å². The van der Waals surface area contributed by atoms with Gasteiger partial charge in [0, 0.05) is 20.0 Å². The summed E-state index contributed by atoms with van der Waals surface area (Å²) < 4.78 is 26.8. The predicted molar refractivity (Wildman–Crippen MR) is 77.0 cm³/mol. The van der Waals surface area contributed by atoms with E-state index < -0.39 is 10.0 Å². The second-order valence-corrected chi connectivity index (χ2v) is 6.79. The zero-order chi connectivity index (χ0) is 14.6. The second kappa shape index (κ2) is 6.37. The minimum Gasteiger partial charge on any atom is -0.356 e. The van der Waals surface area contributed by atoms with E-state index in [9.17, 15) is 13.2 Å². The molecule has 6 heteroatoms. The van der Waals surface area contributed by atoms with E-state index in [1.54, 1.807) is 12.1 Å². The van der Waals surface area contributed by atoms with Gasteiger partial charge in [0.2, 0.25) is 15.9 Å². The number of rotatable bonds is 6. The van der Waals surface area contributed by atoms with Gasteiger partial charge in [0.15, 0.2) is 0 Å². The highest BCUT2D eigenvalue weighted by atomic mass is 32.2. The molecule has 20 heavy (non-hydrogen) atoms. The number of carbonyl (C=O) groups is 1. The maximum atomic E-state index is 12.1. The summed E-state index contributed by atoms with van der Waals surface area (Å²) in [6.07, 6.45) is 3.67. The van der Waals surface area contributed by atoms with Crippen molar-refractivity contribution in [3.63, 3.8) is 0 Å². The largest absolute Gasteiger partial charge is 0.356 e. The minimum absolute atomic E-state index is 0.105. The molecule has 0 bridgehead atoms. The van der Waals surface area contributed by atoms with Crippen LogP contribution >= 0.6 is 0 Å². The molecule has 0 atom stereocenters. The number of hydrogen-bond donors (Lipinski definition) is 2. The summed E-state index contributed by atoms with van der Waals surface area (Å²) in [5, 5.41) is 2.63. The highest BCUT2D eigenvalue weighted by molar-refractivity contribution is 7.89. The van der Waals surface area contributed by atoms with E-state index in [-0.39, 0.29) is 5.91 Å². The van der Waals surface area contributed by atoms with E-state index in [1.807, 2.05) is 6.07 Å². The molecule has 0 fully saturated rings. The number of aryl methyl sites for hydroxylation is 2. The van der Waals surface area contributed by atoms with Gasteiger partial charge >= 0.3 is 0 Å². The van der Waals surface area contributed by atoms with Crippen LogP contribution in [0.15, 0.2) is 23.1 Å². The molecule has 1 amide bonds. The number of nitrogens with one attached hydrogen (secondary N) is 2. The lowest BCUT2D eigenvalue weighted by Crippen LogP contribution is -2.29. The zero-order valence-corrected chi connectivity index (χ0v) is 12.4. The van der Waals surface area contributed by atoms with E-state index >= 15 is 0 Å². The fraction of sp³-hybridized carbons (Fsp3) is 0.500. The first-order valence-corrected chi connectivity index (χ1v) is 8.33. The fourth-order valence-electron chi connectivity index (χ4n) is 2.36. The molecule has 1 aromatic rings. The van der Waals surface area contributed by atoms with Crippen LogP contribution < -0.4 is 10.0 Å². The van der Waals surface area contributed by atoms with Gasteiger partial charge in [0.05, 0.1) is 4.90 Å². The molecular weight excluding hydrogens is 276 g/mol. The SMILES string of the molecule is CC(=O)NCCCNS(=O)(=O)c1ccc2c(c1)CCC2. The molecule has 0 saturated heterocycles. The standard InChI is InChI=1S/C14H20N2O3S/c1-11(17)15-8-3-9-16-20(18,19)14-7-6-12-4-2-5-13(12)10-14/h6-7,10,16H,2-5,8-9H2,1H3,(H,15,17). The van der Waals surface area contributed by atoms with Gasteiger partial charge in [0.1, 0.15) is 0 Å². The van der Waals surface area contributed by atoms with Gasteiger partial charge in [-0.1, -0.05) is 6.07 Å². The average molecular weight is 296 g/mol. The summed E-state index contributed by atoms with van der Waals surface area (Å²) in [4.78, 5) is 11.0. The Labute approximate surface area is 119 Å². The Morgan fingerprint density at radius 1 is 1.20 bits per heavy atom. The topological polar surface area (TPSA) is 75.3 Å². The van der Waals surface area contributed by atoms with Gasteiger partial charge < -0.3 is 5.32 Å². The Morgan fingerprint density at radius 3 is 2.70 bits per heavy atom. The Morgan fingerprint density at radius 2 is 1.95 bits per heavy atom. The smallest absolute Gasteiger partial charge is 0.240 e. The van der Waals surface area contributed by atoms with Crippen molar-refractivity contribution in [1.82, 2.24) is 10.0 Å². The molecule has 1 aliphatic rings. The van der Waals surface area contributed by atoms with Crippen LogP contribution in [0, 0.1) is 0 Å². The van der Waals surface area contributed by atoms with Crippen LogP contribution in [-0.2, 0) is 27.7 Å². The van der Waals surface area contributed by atoms with E-state index in [4.69, 9.17) is 0 Å². The lowest BCUT2D eigenvalue weighted by atomic mass is 10.1. The molecule has 2 N–H and O–H groups in total. The normalized spacial score (nSPS) is 14.1. The van der Waals surface area contributed by atoms with Crippen molar-refractivity contribution in [3.8, 4) is 0 Å². The Kier molecular flexibility index (Phi) is 4.77. The van der Waals surface area contributed by atoms with Crippen LogP contribution in [0.1, 0.15) is 30.9 Å². The van der Waals surface area contributed by atoms with Crippen molar-refractivity contribution in [2.45, 2.75) is 37.5 Å². The summed E-state index contributed by atoms with van der Waals surface area (Å²) in [5.41, 5.74) is 2.40. The van der Waals surface area contributed by atoms with Crippen LogP contribution in [0.5, 0.6) is 0 Å². The summed E-state index contributed by atoms with van der Waals surface area (Å²) in [5.74, 6) is -0.105.